The van der Waals surface area contributed by atoms with Gasteiger partial charge in [-0.15, -0.1) is 0 Å². The summed E-state index contributed by atoms with van der Waals surface area (Å²) in [4.78, 5) is 12.1. The molecule has 52 valence electrons. The Bertz CT molecular complexity index is 171. The van der Waals surface area contributed by atoms with Crippen LogP contribution in [0, 0.1) is 0 Å². The van der Waals surface area contributed by atoms with Gasteiger partial charge in [0.1, 0.15) is 12.3 Å². The first-order valence-corrected chi connectivity index (χ1v) is 3.09. The molecule has 0 saturated carbocycles. The molecule has 0 radical (unpaired) electrons. The quantitative estimate of drug-likeness (QED) is 0.528. The zero-order chi connectivity index (χ0) is 7.40. The summed E-state index contributed by atoms with van der Waals surface area (Å²) in [6, 6.07) is -0.164. The minimum absolute atomic E-state index is 0.164. The van der Waals surface area contributed by atoms with Gasteiger partial charge in [-0.05, 0) is 12.3 Å². The monoisotopic (exact) mass is 135 g/mol. The standard InChI is InChI=1S/C8H9NO/c1-2-9-6-4-3-5-8(9)7-10/h2-8H,1H2. The molecule has 1 rings (SSSR count). The molecule has 2 heteroatoms. The van der Waals surface area contributed by atoms with E-state index in [1.165, 1.54) is 0 Å². The Morgan fingerprint density at radius 1 is 1.50 bits per heavy atom. The molecule has 0 fully saturated rings. The second kappa shape index (κ2) is 3.01. The van der Waals surface area contributed by atoms with Crippen molar-refractivity contribution in [2.75, 3.05) is 0 Å². The van der Waals surface area contributed by atoms with Crippen molar-refractivity contribution in [2.24, 2.45) is 0 Å². The molecule has 0 bridgehead atoms. The van der Waals surface area contributed by atoms with Gasteiger partial charge in [-0.3, -0.25) is 0 Å². The van der Waals surface area contributed by atoms with E-state index in [1.807, 2.05) is 24.4 Å². The van der Waals surface area contributed by atoms with Crippen LogP contribution in [0.1, 0.15) is 0 Å². The first kappa shape index (κ1) is 6.81. The van der Waals surface area contributed by atoms with Crippen molar-refractivity contribution in [3.05, 3.63) is 37.2 Å². The van der Waals surface area contributed by atoms with Gasteiger partial charge in [0.2, 0.25) is 0 Å². The van der Waals surface area contributed by atoms with Gasteiger partial charge >= 0.3 is 0 Å². The molecule has 0 aliphatic carbocycles. The van der Waals surface area contributed by atoms with E-state index >= 15 is 0 Å². The maximum Gasteiger partial charge on any atom is 0.146 e. The molecule has 0 aromatic carbocycles. The summed E-state index contributed by atoms with van der Waals surface area (Å²) >= 11 is 0. The SMILES string of the molecule is C=CN1C=CC=CC1C=O. The Kier molecular flexibility index (Phi) is 2.05. The van der Waals surface area contributed by atoms with Crippen molar-refractivity contribution in [2.45, 2.75) is 6.04 Å². The van der Waals surface area contributed by atoms with Crippen molar-refractivity contribution < 1.29 is 4.79 Å². The Labute approximate surface area is 60.1 Å². The predicted octanol–water partition coefficient (Wildman–Crippen LogP) is 1.08. The normalized spacial score (nSPS) is 22.8. The number of carbonyl (C=O) groups excluding carboxylic acids is 1. The zero-order valence-electron chi connectivity index (χ0n) is 5.60. The Morgan fingerprint density at radius 2 is 2.30 bits per heavy atom. The molecule has 10 heavy (non-hydrogen) atoms. The van der Waals surface area contributed by atoms with E-state index in [4.69, 9.17) is 0 Å². The van der Waals surface area contributed by atoms with Crippen LogP contribution in [-0.4, -0.2) is 17.2 Å². The van der Waals surface area contributed by atoms with Crippen molar-refractivity contribution >= 4 is 6.29 Å². The van der Waals surface area contributed by atoms with Crippen LogP contribution in [0.4, 0.5) is 0 Å². The highest BCUT2D eigenvalue weighted by Gasteiger charge is 2.08. The van der Waals surface area contributed by atoms with Crippen LogP contribution in [0.15, 0.2) is 37.2 Å². The van der Waals surface area contributed by atoms with E-state index in [0.717, 1.165) is 6.29 Å². The van der Waals surface area contributed by atoms with E-state index in [1.54, 1.807) is 11.1 Å². The Hall–Kier alpha value is -1.31. The van der Waals surface area contributed by atoms with Crippen LogP contribution in [0.5, 0.6) is 0 Å². The van der Waals surface area contributed by atoms with Gasteiger partial charge in [0, 0.05) is 6.20 Å². The summed E-state index contributed by atoms with van der Waals surface area (Å²) in [6.45, 7) is 3.56. The topological polar surface area (TPSA) is 20.3 Å². The van der Waals surface area contributed by atoms with Crippen LogP contribution in [-0.2, 0) is 4.79 Å². The minimum Gasteiger partial charge on any atom is -0.341 e. The number of rotatable bonds is 2. The molecule has 0 amide bonds. The molecule has 0 saturated heterocycles. The lowest BCUT2D eigenvalue weighted by Gasteiger charge is -2.21. The Balaban J connectivity index is 2.72. The van der Waals surface area contributed by atoms with Crippen molar-refractivity contribution in [3.63, 3.8) is 0 Å². The van der Waals surface area contributed by atoms with Crippen molar-refractivity contribution in [1.29, 1.82) is 0 Å². The second-order valence-corrected chi connectivity index (χ2v) is 1.98. The number of allylic oxidation sites excluding steroid dienone is 2. The largest absolute Gasteiger partial charge is 0.341 e. The van der Waals surface area contributed by atoms with Crippen LogP contribution >= 0.6 is 0 Å². The van der Waals surface area contributed by atoms with Gasteiger partial charge in [-0.25, -0.2) is 0 Å². The smallest absolute Gasteiger partial charge is 0.146 e. The lowest BCUT2D eigenvalue weighted by Crippen LogP contribution is -2.26. The van der Waals surface area contributed by atoms with E-state index in [9.17, 15) is 4.79 Å². The molecule has 2 nitrogen and oxygen atoms in total. The molecule has 0 spiro atoms. The van der Waals surface area contributed by atoms with Gasteiger partial charge in [-0.2, -0.15) is 0 Å². The summed E-state index contributed by atoms with van der Waals surface area (Å²) in [5.41, 5.74) is 0. The van der Waals surface area contributed by atoms with E-state index in [-0.39, 0.29) is 6.04 Å². The number of hydrogen-bond donors (Lipinski definition) is 0. The number of nitrogens with zero attached hydrogens (tertiary/aromatic N) is 1. The van der Waals surface area contributed by atoms with Crippen LogP contribution in [0.3, 0.4) is 0 Å². The third-order valence-electron chi connectivity index (χ3n) is 1.37. The lowest BCUT2D eigenvalue weighted by molar-refractivity contribution is -0.109. The van der Waals surface area contributed by atoms with Gasteiger partial charge in [-0.1, -0.05) is 18.7 Å². The molecule has 1 aliphatic heterocycles. The van der Waals surface area contributed by atoms with Crippen molar-refractivity contribution in [3.8, 4) is 0 Å². The van der Waals surface area contributed by atoms with Gasteiger partial charge in [0.05, 0.1) is 0 Å². The molecule has 1 unspecified atom stereocenters. The molecule has 1 heterocycles. The fraction of sp³-hybridized carbons (Fsp3) is 0.125. The van der Waals surface area contributed by atoms with Gasteiger partial charge in [0.15, 0.2) is 0 Å². The molecular formula is C8H9NO. The highest BCUT2D eigenvalue weighted by molar-refractivity contribution is 5.62. The Morgan fingerprint density at radius 3 is 2.80 bits per heavy atom. The number of aldehydes is 1. The summed E-state index contributed by atoms with van der Waals surface area (Å²) < 4.78 is 0. The first-order valence-electron chi connectivity index (χ1n) is 3.09. The minimum atomic E-state index is -0.164. The predicted molar refractivity (Wildman–Crippen MR) is 40.2 cm³/mol. The number of hydrogen-bond acceptors (Lipinski definition) is 2. The van der Waals surface area contributed by atoms with Crippen LogP contribution in [0.2, 0.25) is 0 Å². The van der Waals surface area contributed by atoms with Gasteiger partial charge < -0.3 is 9.69 Å². The summed E-state index contributed by atoms with van der Waals surface area (Å²) in [5.74, 6) is 0. The van der Waals surface area contributed by atoms with Crippen LogP contribution < -0.4 is 0 Å². The fourth-order valence-electron chi connectivity index (χ4n) is 0.824. The maximum absolute atomic E-state index is 10.4. The zero-order valence-corrected chi connectivity index (χ0v) is 5.60. The third kappa shape index (κ3) is 1.16. The highest BCUT2D eigenvalue weighted by Crippen LogP contribution is 2.05. The van der Waals surface area contributed by atoms with E-state index in [0.29, 0.717) is 0 Å². The van der Waals surface area contributed by atoms with Crippen LogP contribution in [0.25, 0.3) is 0 Å². The first-order chi connectivity index (χ1) is 4.88. The molecule has 1 aliphatic rings. The molecule has 0 aromatic rings. The summed E-state index contributed by atoms with van der Waals surface area (Å²) in [7, 11) is 0. The molecule has 0 aromatic heterocycles. The van der Waals surface area contributed by atoms with Gasteiger partial charge in [0.25, 0.3) is 0 Å². The summed E-state index contributed by atoms with van der Waals surface area (Å²) in [6.07, 6.45) is 9.84. The average Bonchev–Trinajstić information content (AvgIpc) is 2.04. The molecule has 1 atom stereocenters. The van der Waals surface area contributed by atoms with Crippen molar-refractivity contribution in [1.82, 2.24) is 4.90 Å². The third-order valence-corrected chi connectivity index (χ3v) is 1.37. The molecule has 0 N–H and O–H groups in total. The second-order valence-electron chi connectivity index (χ2n) is 1.98. The van der Waals surface area contributed by atoms with E-state index in [2.05, 4.69) is 6.58 Å². The average molecular weight is 135 g/mol. The fourth-order valence-corrected chi connectivity index (χ4v) is 0.824. The lowest BCUT2D eigenvalue weighted by atomic mass is 10.2. The highest BCUT2D eigenvalue weighted by atomic mass is 16.1. The van der Waals surface area contributed by atoms with E-state index < -0.39 is 0 Å². The maximum atomic E-state index is 10.4. The molecular weight excluding hydrogens is 126 g/mol. The number of carbonyl (C=O) groups is 1. The summed E-state index contributed by atoms with van der Waals surface area (Å²) in [5, 5.41) is 0.